The van der Waals surface area contributed by atoms with Crippen molar-refractivity contribution in [2.24, 2.45) is 0 Å². The summed E-state index contributed by atoms with van der Waals surface area (Å²) in [6.07, 6.45) is 3.44. The number of hydrogen-bond acceptors (Lipinski definition) is 4. The van der Waals surface area contributed by atoms with Crippen LogP contribution < -0.4 is 5.56 Å². The average molecular weight is 286 g/mol. The molecule has 20 heavy (non-hydrogen) atoms. The SMILES string of the molecule is CSc1nc2c(cnn2-c2cccc(C)c2C)c(=O)[nH]1. The Bertz CT molecular complexity index is 850. The van der Waals surface area contributed by atoms with Crippen molar-refractivity contribution in [3.05, 3.63) is 45.9 Å². The van der Waals surface area contributed by atoms with Crippen molar-refractivity contribution < 1.29 is 0 Å². The van der Waals surface area contributed by atoms with Gasteiger partial charge in [-0.15, -0.1) is 0 Å². The van der Waals surface area contributed by atoms with E-state index in [4.69, 9.17) is 0 Å². The van der Waals surface area contributed by atoms with Gasteiger partial charge in [0.2, 0.25) is 0 Å². The maximum Gasteiger partial charge on any atom is 0.262 e. The van der Waals surface area contributed by atoms with Gasteiger partial charge in [0, 0.05) is 0 Å². The Morgan fingerprint density at radius 3 is 2.85 bits per heavy atom. The van der Waals surface area contributed by atoms with Crippen molar-refractivity contribution >= 4 is 22.8 Å². The molecule has 0 aliphatic heterocycles. The molecule has 0 aliphatic rings. The lowest BCUT2D eigenvalue weighted by atomic mass is 10.1. The van der Waals surface area contributed by atoms with Crippen LogP contribution in [0.25, 0.3) is 16.7 Å². The Balaban J connectivity index is 2.35. The van der Waals surface area contributed by atoms with Crippen LogP contribution in [0, 0.1) is 13.8 Å². The number of benzene rings is 1. The zero-order chi connectivity index (χ0) is 14.3. The second-order valence-electron chi connectivity index (χ2n) is 4.59. The fourth-order valence-electron chi connectivity index (χ4n) is 2.14. The molecule has 3 aromatic rings. The zero-order valence-corrected chi connectivity index (χ0v) is 12.3. The molecule has 6 heteroatoms. The molecule has 0 spiro atoms. The third kappa shape index (κ3) is 1.92. The highest BCUT2D eigenvalue weighted by Crippen LogP contribution is 2.21. The highest BCUT2D eigenvalue weighted by atomic mass is 32.2. The van der Waals surface area contributed by atoms with Gasteiger partial charge in [0.05, 0.1) is 11.9 Å². The van der Waals surface area contributed by atoms with E-state index in [1.807, 2.05) is 25.3 Å². The molecule has 2 heterocycles. The van der Waals surface area contributed by atoms with Gasteiger partial charge < -0.3 is 4.98 Å². The lowest BCUT2D eigenvalue weighted by molar-refractivity contribution is 0.866. The first-order valence-electron chi connectivity index (χ1n) is 6.20. The average Bonchev–Trinajstić information content (AvgIpc) is 2.86. The number of aryl methyl sites for hydroxylation is 1. The van der Waals surface area contributed by atoms with Crippen LogP contribution in [0.2, 0.25) is 0 Å². The smallest absolute Gasteiger partial charge is 0.262 e. The fourth-order valence-corrected chi connectivity index (χ4v) is 2.51. The topological polar surface area (TPSA) is 63.6 Å². The maximum absolute atomic E-state index is 12.0. The Labute approximate surface area is 120 Å². The predicted molar refractivity (Wildman–Crippen MR) is 80.7 cm³/mol. The molecule has 0 amide bonds. The standard InChI is InChI=1S/C14H14N4OS/c1-8-5-4-6-11(9(8)2)18-12-10(7-15-18)13(19)17-14(16-12)20-3/h4-7H,1-3H3,(H,16,17,19). The van der Waals surface area contributed by atoms with Gasteiger partial charge in [-0.3, -0.25) is 4.79 Å². The molecule has 0 fully saturated rings. The molecule has 0 radical (unpaired) electrons. The second kappa shape index (κ2) is 4.79. The lowest BCUT2D eigenvalue weighted by Gasteiger charge is -2.09. The monoisotopic (exact) mass is 286 g/mol. The Morgan fingerprint density at radius 1 is 1.30 bits per heavy atom. The number of H-pyrrole nitrogens is 1. The van der Waals surface area contributed by atoms with Crippen LogP contribution in [0.1, 0.15) is 11.1 Å². The molecular formula is C14H14N4OS. The number of thioether (sulfide) groups is 1. The van der Waals surface area contributed by atoms with E-state index < -0.39 is 0 Å². The van der Waals surface area contributed by atoms with E-state index in [0.717, 1.165) is 11.3 Å². The molecule has 1 N–H and O–H groups in total. The van der Waals surface area contributed by atoms with Crippen molar-refractivity contribution in [2.45, 2.75) is 19.0 Å². The van der Waals surface area contributed by atoms with Crippen LogP contribution in [0.4, 0.5) is 0 Å². The van der Waals surface area contributed by atoms with Gasteiger partial charge >= 0.3 is 0 Å². The Hall–Kier alpha value is -2.08. The van der Waals surface area contributed by atoms with Crippen LogP contribution >= 0.6 is 11.8 Å². The summed E-state index contributed by atoms with van der Waals surface area (Å²) in [7, 11) is 0. The summed E-state index contributed by atoms with van der Waals surface area (Å²) in [5.41, 5.74) is 3.69. The van der Waals surface area contributed by atoms with Crippen LogP contribution in [-0.2, 0) is 0 Å². The third-order valence-corrected chi connectivity index (χ3v) is 3.99. The van der Waals surface area contributed by atoms with Crippen molar-refractivity contribution in [3.63, 3.8) is 0 Å². The van der Waals surface area contributed by atoms with Gasteiger partial charge in [-0.2, -0.15) is 5.10 Å². The molecule has 102 valence electrons. The summed E-state index contributed by atoms with van der Waals surface area (Å²) >= 11 is 1.40. The van der Waals surface area contributed by atoms with Gasteiger partial charge in [-0.25, -0.2) is 9.67 Å². The maximum atomic E-state index is 12.0. The van der Waals surface area contributed by atoms with Crippen LogP contribution in [0.5, 0.6) is 0 Å². The normalized spacial score (nSPS) is 11.2. The van der Waals surface area contributed by atoms with Crippen LogP contribution in [-0.4, -0.2) is 26.0 Å². The van der Waals surface area contributed by atoms with Crippen molar-refractivity contribution in [1.82, 2.24) is 19.7 Å². The van der Waals surface area contributed by atoms with Gasteiger partial charge in [-0.05, 0) is 37.3 Å². The van der Waals surface area contributed by atoms with Gasteiger partial charge in [0.15, 0.2) is 10.8 Å². The highest BCUT2D eigenvalue weighted by Gasteiger charge is 2.13. The van der Waals surface area contributed by atoms with Crippen LogP contribution in [0.3, 0.4) is 0 Å². The number of aromatic nitrogens is 4. The predicted octanol–water partition coefficient (Wildman–Crippen LogP) is 2.45. The number of nitrogens with one attached hydrogen (secondary N) is 1. The molecule has 0 bridgehead atoms. The van der Waals surface area contributed by atoms with E-state index in [2.05, 4.69) is 28.1 Å². The summed E-state index contributed by atoms with van der Waals surface area (Å²) in [5.74, 6) is 0. The fraction of sp³-hybridized carbons (Fsp3) is 0.214. The first-order chi connectivity index (χ1) is 9.61. The first-order valence-corrected chi connectivity index (χ1v) is 7.43. The molecule has 0 saturated carbocycles. The van der Waals surface area contributed by atoms with Crippen molar-refractivity contribution in [2.75, 3.05) is 6.26 Å². The van der Waals surface area contributed by atoms with E-state index >= 15 is 0 Å². The number of fused-ring (bicyclic) bond motifs is 1. The van der Waals surface area contributed by atoms with E-state index in [1.165, 1.54) is 17.3 Å². The van der Waals surface area contributed by atoms with Crippen molar-refractivity contribution in [1.29, 1.82) is 0 Å². The number of aromatic amines is 1. The van der Waals surface area contributed by atoms with Crippen LogP contribution in [0.15, 0.2) is 34.3 Å². The number of hydrogen-bond donors (Lipinski definition) is 1. The summed E-state index contributed by atoms with van der Waals surface area (Å²) in [5, 5.41) is 5.42. The minimum absolute atomic E-state index is 0.157. The first kappa shape index (κ1) is 12.9. The van der Waals surface area contributed by atoms with Gasteiger partial charge in [0.25, 0.3) is 5.56 Å². The second-order valence-corrected chi connectivity index (χ2v) is 5.38. The number of rotatable bonds is 2. The summed E-state index contributed by atoms with van der Waals surface area (Å²) in [6, 6.07) is 6.02. The highest BCUT2D eigenvalue weighted by molar-refractivity contribution is 7.98. The molecule has 0 unspecified atom stereocenters. The summed E-state index contributed by atoms with van der Waals surface area (Å²) in [4.78, 5) is 19.2. The quantitative estimate of drug-likeness (QED) is 0.580. The van der Waals surface area contributed by atoms with E-state index in [-0.39, 0.29) is 5.56 Å². The van der Waals surface area contributed by atoms with E-state index in [9.17, 15) is 4.79 Å². The molecule has 0 aliphatic carbocycles. The molecule has 3 rings (SSSR count). The lowest BCUT2D eigenvalue weighted by Crippen LogP contribution is -2.10. The van der Waals surface area contributed by atoms with Gasteiger partial charge in [0.1, 0.15) is 5.39 Å². The van der Waals surface area contributed by atoms with E-state index in [1.54, 1.807) is 10.9 Å². The summed E-state index contributed by atoms with van der Waals surface area (Å²) in [6.45, 7) is 4.10. The van der Waals surface area contributed by atoms with Crippen molar-refractivity contribution in [3.8, 4) is 5.69 Å². The third-order valence-electron chi connectivity index (χ3n) is 3.41. The minimum Gasteiger partial charge on any atom is -0.301 e. The van der Waals surface area contributed by atoms with Gasteiger partial charge in [-0.1, -0.05) is 23.9 Å². The molecule has 1 aromatic carbocycles. The minimum atomic E-state index is -0.157. The largest absolute Gasteiger partial charge is 0.301 e. The molecule has 5 nitrogen and oxygen atoms in total. The Kier molecular flexibility index (Phi) is 3.10. The molecular weight excluding hydrogens is 272 g/mol. The zero-order valence-electron chi connectivity index (χ0n) is 11.5. The number of nitrogens with zero attached hydrogens (tertiary/aromatic N) is 3. The molecule has 2 aromatic heterocycles. The Morgan fingerprint density at radius 2 is 2.10 bits per heavy atom. The molecule has 0 saturated heterocycles. The van der Waals surface area contributed by atoms with E-state index in [0.29, 0.717) is 16.2 Å². The molecule has 0 atom stereocenters. The summed E-state index contributed by atoms with van der Waals surface area (Å²) < 4.78 is 1.73.